The van der Waals surface area contributed by atoms with Gasteiger partial charge in [-0.1, -0.05) is 18.2 Å². The van der Waals surface area contributed by atoms with Gasteiger partial charge in [-0.3, -0.25) is 0 Å². The molecular formula is C19H12N2O4. The van der Waals surface area contributed by atoms with Gasteiger partial charge in [-0.15, -0.1) is 0 Å². The van der Waals surface area contributed by atoms with Gasteiger partial charge in [0.15, 0.2) is 0 Å². The Morgan fingerprint density at radius 3 is 2.48 bits per heavy atom. The average Bonchev–Trinajstić information content (AvgIpc) is 3.03. The number of rotatable bonds is 3. The van der Waals surface area contributed by atoms with E-state index in [2.05, 4.69) is 9.97 Å². The summed E-state index contributed by atoms with van der Waals surface area (Å²) in [6.45, 7) is 0. The Balaban J connectivity index is 2.01. The van der Waals surface area contributed by atoms with Crippen LogP contribution < -0.4 is 0 Å². The highest BCUT2D eigenvalue weighted by atomic mass is 16.4. The number of aromatic amines is 1. The molecule has 6 heteroatoms. The number of aromatic carboxylic acids is 2. The first-order valence-corrected chi connectivity index (χ1v) is 7.52. The fraction of sp³-hybridized carbons (Fsp3) is 0. The Morgan fingerprint density at radius 1 is 0.920 bits per heavy atom. The van der Waals surface area contributed by atoms with Gasteiger partial charge in [-0.2, -0.15) is 0 Å². The summed E-state index contributed by atoms with van der Waals surface area (Å²) in [7, 11) is 0. The molecule has 122 valence electrons. The van der Waals surface area contributed by atoms with Crippen LogP contribution >= 0.6 is 0 Å². The third kappa shape index (κ3) is 2.40. The van der Waals surface area contributed by atoms with Crippen molar-refractivity contribution in [3.05, 3.63) is 65.9 Å². The first-order valence-electron chi connectivity index (χ1n) is 7.52. The van der Waals surface area contributed by atoms with Crippen LogP contribution in [0, 0.1) is 0 Å². The molecule has 0 saturated heterocycles. The molecule has 2 aromatic carbocycles. The maximum absolute atomic E-state index is 11.6. The van der Waals surface area contributed by atoms with E-state index >= 15 is 0 Å². The van der Waals surface area contributed by atoms with E-state index in [1.807, 2.05) is 0 Å². The summed E-state index contributed by atoms with van der Waals surface area (Å²) in [5, 5.41) is 20.0. The molecule has 0 aliphatic rings. The van der Waals surface area contributed by atoms with Crippen LogP contribution in [0.15, 0.2) is 54.7 Å². The molecule has 4 aromatic rings. The molecule has 0 amide bonds. The van der Waals surface area contributed by atoms with E-state index in [1.54, 1.807) is 42.6 Å². The van der Waals surface area contributed by atoms with Crippen molar-refractivity contribution >= 4 is 33.7 Å². The highest BCUT2D eigenvalue weighted by Gasteiger charge is 2.16. The Hall–Kier alpha value is -3.67. The van der Waals surface area contributed by atoms with Crippen molar-refractivity contribution in [2.45, 2.75) is 0 Å². The quantitative estimate of drug-likeness (QED) is 0.530. The Labute approximate surface area is 141 Å². The van der Waals surface area contributed by atoms with Crippen LogP contribution in [0.25, 0.3) is 33.1 Å². The number of hydrogen-bond donors (Lipinski definition) is 3. The Bertz CT molecular complexity index is 1160. The summed E-state index contributed by atoms with van der Waals surface area (Å²) in [4.78, 5) is 30.5. The number of carboxylic acids is 2. The first kappa shape index (κ1) is 14.9. The molecule has 0 atom stereocenters. The van der Waals surface area contributed by atoms with E-state index in [4.69, 9.17) is 0 Å². The van der Waals surface area contributed by atoms with E-state index in [0.29, 0.717) is 27.5 Å². The molecule has 0 spiro atoms. The molecule has 4 rings (SSSR count). The smallest absolute Gasteiger partial charge is 0.336 e. The zero-order valence-corrected chi connectivity index (χ0v) is 12.9. The van der Waals surface area contributed by atoms with Crippen molar-refractivity contribution in [2.75, 3.05) is 0 Å². The molecule has 0 saturated carbocycles. The number of benzene rings is 2. The number of nitrogens with one attached hydrogen (secondary N) is 1. The highest BCUT2D eigenvalue weighted by Crippen LogP contribution is 2.31. The third-order valence-electron chi connectivity index (χ3n) is 4.15. The average molecular weight is 332 g/mol. The lowest BCUT2D eigenvalue weighted by atomic mass is 10.0. The van der Waals surface area contributed by atoms with Gasteiger partial charge in [-0.05, 0) is 30.3 Å². The fourth-order valence-electron chi connectivity index (χ4n) is 2.96. The molecule has 2 heterocycles. The van der Waals surface area contributed by atoms with E-state index in [0.717, 1.165) is 5.52 Å². The van der Waals surface area contributed by atoms with Crippen LogP contribution in [-0.4, -0.2) is 32.1 Å². The maximum Gasteiger partial charge on any atom is 0.336 e. The number of hydrogen-bond acceptors (Lipinski definition) is 3. The molecule has 0 radical (unpaired) electrons. The number of H-pyrrole nitrogens is 1. The molecular weight excluding hydrogens is 320 g/mol. The van der Waals surface area contributed by atoms with Crippen molar-refractivity contribution in [1.82, 2.24) is 9.97 Å². The van der Waals surface area contributed by atoms with Crippen LogP contribution in [0.5, 0.6) is 0 Å². The monoisotopic (exact) mass is 332 g/mol. The molecule has 0 aliphatic heterocycles. The van der Waals surface area contributed by atoms with E-state index in [1.165, 1.54) is 12.1 Å². The summed E-state index contributed by atoms with van der Waals surface area (Å²) < 4.78 is 0. The molecule has 3 N–H and O–H groups in total. The first-order chi connectivity index (χ1) is 12.0. The second-order valence-corrected chi connectivity index (χ2v) is 5.65. The lowest BCUT2D eigenvalue weighted by Crippen LogP contribution is -2.00. The van der Waals surface area contributed by atoms with Crippen LogP contribution in [0.4, 0.5) is 0 Å². The molecule has 0 bridgehead atoms. The zero-order valence-electron chi connectivity index (χ0n) is 12.9. The summed E-state index contributed by atoms with van der Waals surface area (Å²) in [5.41, 5.74) is 2.78. The van der Waals surface area contributed by atoms with Crippen LogP contribution in [0.3, 0.4) is 0 Å². The van der Waals surface area contributed by atoms with Crippen molar-refractivity contribution in [3.63, 3.8) is 0 Å². The van der Waals surface area contributed by atoms with Crippen molar-refractivity contribution < 1.29 is 19.8 Å². The third-order valence-corrected chi connectivity index (χ3v) is 4.15. The number of carboxylic acid groups (broad SMARTS) is 2. The largest absolute Gasteiger partial charge is 0.478 e. The number of nitrogens with zero attached hydrogens (tertiary/aromatic N) is 1. The van der Waals surface area contributed by atoms with Gasteiger partial charge >= 0.3 is 11.9 Å². The predicted molar refractivity (Wildman–Crippen MR) is 93.0 cm³/mol. The van der Waals surface area contributed by atoms with Gasteiger partial charge in [0, 0.05) is 28.0 Å². The van der Waals surface area contributed by atoms with Crippen LogP contribution in [-0.2, 0) is 0 Å². The van der Waals surface area contributed by atoms with E-state index < -0.39 is 11.9 Å². The minimum absolute atomic E-state index is 0.157. The molecule has 0 aliphatic carbocycles. The lowest BCUT2D eigenvalue weighted by molar-refractivity contribution is 0.0687. The number of para-hydroxylation sites is 1. The van der Waals surface area contributed by atoms with E-state index in [9.17, 15) is 19.8 Å². The lowest BCUT2D eigenvalue weighted by Gasteiger charge is -2.06. The normalized spacial score (nSPS) is 11.0. The summed E-state index contributed by atoms with van der Waals surface area (Å²) in [5.74, 6) is -2.06. The van der Waals surface area contributed by atoms with Crippen LogP contribution in [0.2, 0.25) is 0 Å². The second kappa shape index (κ2) is 5.45. The number of pyridine rings is 1. The number of carbonyl (C=O) groups is 2. The Kier molecular flexibility index (Phi) is 3.25. The topological polar surface area (TPSA) is 103 Å². The van der Waals surface area contributed by atoms with Crippen LogP contribution in [0.1, 0.15) is 20.7 Å². The van der Waals surface area contributed by atoms with Gasteiger partial charge in [0.2, 0.25) is 0 Å². The highest BCUT2D eigenvalue weighted by molar-refractivity contribution is 6.06. The molecule has 6 nitrogen and oxygen atoms in total. The second-order valence-electron chi connectivity index (χ2n) is 5.65. The van der Waals surface area contributed by atoms with Gasteiger partial charge < -0.3 is 15.2 Å². The predicted octanol–water partition coefficient (Wildman–Crippen LogP) is 3.78. The van der Waals surface area contributed by atoms with Crippen molar-refractivity contribution in [1.29, 1.82) is 0 Å². The van der Waals surface area contributed by atoms with Gasteiger partial charge in [0.05, 0.1) is 22.3 Å². The number of aromatic nitrogens is 2. The summed E-state index contributed by atoms with van der Waals surface area (Å²) >= 11 is 0. The van der Waals surface area contributed by atoms with Crippen molar-refractivity contribution in [3.8, 4) is 11.3 Å². The minimum atomic E-state index is -1.04. The summed E-state index contributed by atoms with van der Waals surface area (Å²) in [6.07, 6.45) is 1.71. The molecule has 0 fully saturated rings. The molecule has 0 unspecified atom stereocenters. The molecule has 25 heavy (non-hydrogen) atoms. The standard InChI is InChI=1S/C19H12N2O4/c22-18(23)10-5-6-15-12(7-10)14(9-20-15)17-8-13(19(24)25)11-3-1-2-4-16(11)21-17/h1-9,20H,(H,22,23)(H,24,25). The minimum Gasteiger partial charge on any atom is -0.478 e. The zero-order chi connectivity index (χ0) is 17.6. The summed E-state index contributed by atoms with van der Waals surface area (Å²) in [6, 6.07) is 13.3. The fourth-order valence-corrected chi connectivity index (χ4v) is 2.96. The van der Waals surface area contributed by atoms with Gasteiger partial charge in [-0.25, -0.2) is 14.6 Å². The maximum atomic E-state index is 11.6. The molecule has 2 aromatic heterocycles. The van der Waals surface area contributed by atoms with E-state index in [-0.39, 0.29) is 11.1 Å². The SMILES string of the molecule is O=C(O)c1ccc2[nH]cc(-c3cc(C(=O)O)c4ccccc4n3)c2c1. The Morgan fingerprint density at radius 2 is 1.72 bits per heavy atom. The number of fused-ring (bicyclic) bond motifs is 2. The van der Waals surface area contributed by atoms with Gasteiger partial charge in [0.1, 0.15) is 0 Å². The van der Waals surface area contributed by atoms with Crippen molar-refractivity contribution in [2.24, 2.45) is 0 Å². The van der Waals surface area contributed by atoms with Gasteiger partial charge in [0.25, 0.3) is 0 Å².